The van der Waals surface area contributed by atoms with Gasteiger partial charge in [0, 0.05) is 38.6 Å². The van der Waals surface area contributed by atoms with Crippen molar-refractivity contribution < 1.29 is 13.2 Å². The van der Waals surface area contributed by atoms with Crippen molar-refractivity contribution in [2.75, 3.05) is 32.8 Å². The van der Waals surface area contributed by atoms with Crippen molar-refractivity contribution >= 4 is 10.0 Å². The van der Waals surface area contributed by atoms with Gasteiger partial charge in [0.1, 0.15) is 4.90 Å². The predicted octanol–water partition coefficient (Wildman–Crippen LogP) is 1.17. The Morgan fingerprint density at radius 1 is 1.45 bits per heavy atom. The van der Waals surface area contributed by atoms with Gasteiger partial charge in [-0.3, -0.25) is 4.98 Å². The number of pyridine rings is 1. The summed E-state index contributed by atoms with van der Waals surface area (Å²) >= 11 is 0. The van der Waals surface area contributed by atoms with Crippen LogP contribution in [0.1, 0.15) is 25.3 Å². The third-order valence-corrected chi connectivity index (χ3v) is 5.07. The van der Waals surface area contributed by atoms with E-state index in [0.717, 1.165) is 44.6 Å². The molecule has 0 aromatic carbocycles. The summed E-state index contributed by atoms with van der Waals surface area (Å²) in [5.41, 5.74) is 0.835. The van der Waals surface area contributed by atoms with E-state index in [1.807, 2.05) is 6.92 Å². The number of aromatic nitrogens is 1. The molecule has 2 heterocycles. The molecule has 1 aromatic heterocycles. The Balaban J connectivity index is 1.78. The molecule has 1 unspecified atom stereocenters. The molecule has 1 aliphatic rings. The molecule has 22 heavy (non-hydrogen) atoms. The zero-order chi connectivity index (χ0) is 16.0. The van der Waals surface area contributed by atoms with Crippen LogP contribution < -0.4 is 4.72 Å². The zero-order valence-corrected chi connectivity index (χ0v) is 14.1. The Bertz CT molecular complexity index is 577. The van der Waals surface area contributed by atoms with Crippen LogP contribution in [0.25, 0.3) is 0 Å². The molecule has 1 aromatic rings. The van der Waals surface area contributed by atoms with Crippen LogP contribution in [0, 0.1) is 6.92 Å². The highest BCUT2D eigenvalue weighted by Crippen LogP contribution is 2.09. The number of hydrogen-bond donors (Lipinski definition) is 1. The van der Waals surface area contributed by atoms with Crippen LogP contribution in [-0.4, -0.2) is 57.2 Å². The number of rotatable bonds is 6. The predicted molar refractivity (Wildman–Crippen MR) is 85.3 cm³/mol. The van der Waals surface area contributed by atoms with E-state index in [9.17, 15) is 8.42 Å². The highest BCUT2D eigenvalue weighted by atomic mass is 32.2. The second-order valence-electron chi connectivity index (χ2n) is 5.78. The van der Waals surface area contributed by atoms with E-state index in [4.69, 9.17) is 4.74 Å². The molecule has 1 aliphatic heterocycles. The van der Waals surface area contributed by atoms with Crippen LogP contribution in [0.4, 0.5) is 0 Å². The highest BCUT2D eigenvalue weighted by molar-refractivity contribution is 7.89. The minimum atomic E-state index is -3.46. The average Bonchev–Trinajstić information content (AvgIpc) is 2.68. The first-order chi connectivity index (χ1) is 10.5. The van der Waals surface area contributed by atoms with E-state index in [1.54, 1.807) is 12.3 Å². The number of hydrogen-bond acceptors (Lipinski definition) is 5. The summed E-state index contributed by atoms with van der Waals surface area (Å²) < 4.78 is 32.6. The summed E-state index contributed by atoms with van der Waals surface area (Å²) in [5.74, 6) is 0. The maximum Gasteiger partial charge on any atom is 0.242 e. The average molecular weight is 327 g/mol. The monoisotopic (exact) mass is 327 g/mol. The van der Waals surface area contributed by atoms with Crippen LogP contribution in [0.15, 0.2) is 23.4 Å². The van der Waals surface area contributed by atoms with Gasteiger partial charge < -0.3 is 9.64 Å². The van der Waals surface area contributed by atoms with Gasteiger partial charge in [0.2, 0.25) is 10.0 Å². The Morgan fingerprint density at radius 3 is 3.05 bits per heavy atom. The number of aryl methyl sites for hydroxylation is 1. The van der Waals surface area contributed by atoms with Crippen LogP contribution in [0.3, 0.4) is 0 Å². The second-order valence-corrected chi connectivity index (χ2v) is 7.55. The van der Waals surface area contributed by atoms with Crippen molar-refractivity contribution in [2.24, 2.45) is 0 Å². The SMILES string of the molecule is Cc1cncc(S(=O)(=O)NCCCN2CCCOC(C)C2)c1. The zero-order valence-electron chi connectivity index (χ0n) is 13.3. The molecular weight excluding hydrogens is 302 g/mol. The van der Waals surface area contributed by atoms with E-state index >= 15 is 0 Å². The molecule has 0 amide bonds. The molecule has 124 valence electrons. The normalized spacial score (nSPS) is 20.7. The molecule has 0 bridgehead atoms. The molecule has 1 atom stereocenters. The third kappa shape index (κ3) is 5.31. The summed E-state index contributed by atoms with van der Waals surface area (Å²) in [6.07, 6.45) is 5.08. The van der Waals surface area contributed by atoms with E-state index in [1.165, 1.54) is 6.20 Å². The van der Waals surface area contributed by atoms with Crippen molar-refractivity contribution in [3.05, 3.63) is 24.0 Å². The summed E-state index contributed by atoms with van der Waals surface area (Å²) in [6, 6.07) is 1.63. The van der Waals surface area contributed by atoms with Gasteiger partial charge >= 0.3 is 0 Å². The lowest BCUT2D eigenvalue weighted by atomic mass is 10.3. The Kier molecular flexibility index (Phi) is 6.31. The molecule has 0 spiro atoms. The number of ether oxygens (including phenoxy) is 1. The fourth-order valence-corrected chi connectivity index (χ4v) is 3.67. The largest absolute Gasteiger partial charge is 0.377 e. The second kappa shape index (κ2) is 8.01. The highest BCUT2D eigenvalue weighted by Gasteiger charge is 2.16. The Morgan fingerprint density at radius 2 is 2.27 bits per heavy atom. The van der Waals surface area contributed by atoms with E-state index in [0.29, 0.717) is 6.54 Å². The molecule has 6 nitrogen and oxygen atoms in total. The fourth-order valence-electron chi connectivity index (χ4n) is 2.55. The Labute approximate surface area is 132 Å². The van der Waals surface area contributed by atoms with Gasteiger partial charge in [-0.15, -0.1) is 0 Å². The maximum absolute atomic E-state index is 12.2. The van der Waals surface area contributed by atoms with Crippen LogP contribution in [-0.2, 0) is 14.8 Å². The molecule has 0 radical (unpaired) electrons. The molecule has 0 saturated carbocycles. The minimum absolute atomic E-state index is 0.226. The van der Waals surface area contributed by atoms with Gasteiger partial charge in [-0.1, -0.05) is 0 Å². The van der Waals surface area contributed by atoms with Gasteiger partial charge in [0.05, 0.1) is 6.10 Å². The summed E-state index contributed by atoms with van der Waals surface area (Å²) in [7, 11) is -3.46. The molecule has 1 fully saturated rings. The summed E-state index contributed by atoms with van der Waals surface area (Å²) in [5, 5.41) is 0. The molecule has 0 aliphatic carbocycles. The van der Waals surface area contributed by atoms with Crippen molar-refractivity contribution in [2.45, 2.75) is 37.7 Å². The van der Waals surface area contributed by atoms with Crippen molar-refractivity contribution in [1.82, 2.24) is 14.6 Å². The lowest BCUT2D eigenvalue weighted by Gasteiger charge is -2.21. The van der Waals surface area contributed by atoms with Gasteiger partial charge in [-0.25, -0.2) is 13.1 Å². The van der Waals surface area contributed by atoms with Gasteiger partial charge in [0.25, 0.3) is 0 Å². The van der Waals surface area contributed by atoms with E-state index in [-0.39, 0.29) is 11.0 Å². The van der Waals surface area contributed by atoms with Gasteiger partial charge in [0.15, 0.2) is 0 Å². The molecule has 1 N–H and O–H groups in total. The first-order valence-electron chi connectivity index (χ1n) is 7.72. The van der Waals surface area contributed by atoms with Crippen molar-refractivity contribution in [1.29, 1.82) is 0 Å². The quantitative estimate of drug-likeness (QED) is 0.794. The van der Waals surface area contributed by atoms with Crippen LogP contribution >= 0.6 is 0 Å². The van der Waals surface area contributed by atoms with Crippen LogP contribution in [0.2, 0.25) is 0 Å². The molecule has 7 heteroatoms. The molecule has 1 saturated heterocycles. The fraction of sp³-hybridized carbons (Fsp3) is 0.667. The summed E-state index contributed by atoms with van der Waals surface area (Å²) in [6.45, 7) is 7.95. The minimum Gasteiger partial charge on any atom is -0.377 e. The van der Waals surface area contributed by atoms with Gasteiger partial charge in [-0.2, -0.15) is 0 Å². The number of nitrogens with one attached hydrogen (secondary N) is 1. The lowest BCUT2D eigenvalue weighted by Crippen LogP contribution is -2.33. The smallest absolute Gasteiger partial charge is 0.242 e. The first kappa shape index (κ1) is 17.3. The molecular formula is C15H25N3O3S. The third-order valence-electron chi connectivity index (χ3n) is 3.64. The number of nitrogens with zero attached hydrogens (tertiary/aromatic N) is 2. The maximum atomic E-state index is 12.2. The van der Waals surface area contributed by atoms with Crippen LogP contribution in [0.5, 0.6) is 0 Å². The Hall–Kier alpha value is -1.02. The number of sulfonamides is 1. The first-order valence-corrected chi connectivity index (χ1v) is 9.21. The van der Waals surface area contributed by atoms with Crippen molar-refractivity contribution in [3.8, 4) is 0 Å². The summed E-state index contributed by atoms with van der Waals surface area (Å²) in [4.78, 5) is 6.49. The standard InChI is InChI=1S/C15H25N3O3S/c1-13-9-15(11-16-10-13)22(19,20)17-5-3-6-18-7-4-8-21-14(2)12-18/h9-11,14,17H,3-8,12H2,1-2H3. The lowest BCUT2D eigenvalue weighted by molar-refractivity contribution is 0.0677. The van der Waals surface area contributed by atoms with E-state index in [2.05, 4.69) is 21.5 Å². The molecule has 2 rings (SSSR count). The topological polar surface area (TPSA) is 71.5 Å². The van der Waals surface area contributed by atoms with E-state index < -0.39 is 10.0 Å². The van der Waals surface area contributed by atoms with Crippen molar-refractivity contribution in [3.63, 3.8) is 0 Å². The van der Waals surface area contributed by atoms with Gasteiger partial charge in [-0.05, 0) is 44.9 Å².